The van der Waals surface area contributed by atoms with Crippen LogP contribution in [0.3, 0.4) is 0 Å². The van der Waals surface area contributed by atoms with Crippen molar-refractivity contribution in [1.29, 1.82) is 0 Å². The molecule has 0 aliphatic carbocycles. The molecule has 3 aromatic rings. The van der Waals surface area contributed by atoms with Crippen LogP contribution < -0.4 is 10.5 Å². The van der Waals surface area contributed by atoms with Crippen molar-refractivity contribution in [3.05, 3.63) is 41.2 Å². The molecule has 3 rings (SSSR count). The number of esters is 1. The van der Waals surface area contributed by atoms with E-state index < -0.39 is 11.8 Å². The molecule has 1 heterocycles. The van der Waals surface area contributed by atoms with E-state index in [-0.39, 0.29) is 27.9 Å². The Morgan fingerprint density at radius 1 is 1.41 bits per heavy atom. The molecule has 0 aliphatic heterocycles. The van der Waals surface area contributed by atoms with Gasteiger partial charge in [0.1, 0.15) is 5.52 Å². The van der Waals surface area contributed by atoms with Gasteiger partial charge >= 0.3 is 5.97 Å². The van der Waals surface area contributed by atoms with Gasteiger partial charge in [-0.15, -0.1) is 0 Å². The fourth-order valence-electron chi connectivity index (χ4n) is 2.05. The monoisotopic (exact) mass is 320 g/mol. The van der Waals surface area contributed by atoms with Crippen LogP contribution >= 0.6 is 11.6 Å². The molecule has 2 aromatic carbocycles. The summed E-state index contributed by atoms with van der Waals surface area (Å²) in [5.74, 6) is -1.81. The van der Waals surface area contributed by atoms with Crippen LogP contribution in [0.5, 0.6) is 5.75 Å². The lowest BCUT2D eigenvalue weighted by Gasteiger charge is -2.10. The molecule has 0 atom stereocenters. The van der Waals surface area contributed by atoms with Crippen LogP contribution in [0.15, 0.2) is 34.7 Å². The summed E-state index contributed by atoms with van der Waals surface area (Å²) in [7, 11) is 0. The average molecular weight is 321 g/mol. The van der Waals surface area contributed by atoms with E-state index in [2.05, 4.69) is 4.98 Å². The standard InChI is InChI=1S/C15H10ClFN2O3/c1-7(20)21-11-6-8(16)12(14(18)13(11)17)15-19-9-4-2-3-5-10(9)22-15/h2-6H,18H2,1H3. The molecule has 1 aromatic heterocycles. The predicted molar refractivity (Wildman–Crippen MR) is 80.1 cm³/mol. The van der Waals surface area contributed by atoms with E-state index in [4.69, 9.17) is 26.5 Å². The van der Waals surface area contributed by atoms with Gasteiger partial charge in [-0.05, 0) is 12.1 Å². The van der Waals surface area contributed by atoms with Crippen molar-refractivity contribution in [2.75, 3.05) is 5.73 Å². The fourth-order valence-corrected chi connectivity index (χ4v) is 2.33. The van der Waals surface area contributed by atoms with Crippen LogP contribution in [-0.4, -0.2) is 11.0 Å². The normalized spacial score (nSPS) is 10.9. The maximum absolute atomic E-state index is 14.2. The number of fused-ring (bicyclic) bond motifs is 1. The van der Waals surface area contributed by atoms with Crippen molar-refractivity contribution in [3.63, 3.8) is 0 Å². The zero-order chi connectivity index (χ0) is 15.9. The van der Waals surface area contributed by atoms with E-state index in [0.717, 1.165) is 6.92 Å². The minimum atomic E-state index is -0.892. The number of aromatic nitrogens is 1. The second-order valence-electron chi connectivity index (χ2n) is 4.54. The number of para-hydroxylation sites is 2. The first-order valence-electron chi connectivity index (χ1n) is 6.29. The molecule has 5 nitrogen and oxygen atoms in total. The number of nitrogens with zero attached hydrogens (tertiary/aromatic N) is 1. The Labute approximate surface area is 129 Å². The summed E-state index contributed by atoms with van der Waals surface area (Å²) in [6, 6.07) is 8.21. The highest BCUT2D eigenvalue weighted by Gasteiger charge is 2.22. The lowest BCUT2D eigenvalue weighted by atomic mass is 10.1. The molecule has 0 radical (unpaired) electrons. The number of ether oxygens (including phenoxy) is 1. The number of carbonyl (C=O) groups is 1. The molecule has 0 spiro atoms. The summed E-state index contributed by atoms with van der Waals surface area (Å²) in [4.78, 5) is 15.2. The third-order valence-corrected chi connectivity index (χ3v) is 3.28. The van der Waals surface area contributed by atoms with Gasteiger partial charge in [-0.3, -0.25) is 4.79 Å². The van der Waals surface area contributed by atoms with Crippen LogP contribution in [-0.2, 0) is 4.79 Å². The quantitative estimate of drug-likeness (QED) is 0.441. The van der Waals surface area contributed by atoms with Gasteiger partial charge in [0, 0.05) is 13.0 Å². The SMILES string of the molecule is CC(=O)Oc1cc(Cl)c(-c2nc3ccccc3o2)c(N)c1F. The van der Waals surface area contributed by atoms with Gasteiger partial charge in [-0.1, -0.05) is 23.7 Å². The largest absolute Gasteiger partial charge is 0.436 e. The highest BCUT2D eigenvalue weighted by atomic mass is 35.5. The van der Waals surface area contributed by atoms with Gasteiger partial charge < -0.3 is 14.9 Å². The molecular formula is C15H10ClFN2O3. The van der Waals surface area contributed by atoms with E-state index in [9.17, 15) is 9.18 Å². The van der Waals surface area contributed by atoms with Crippen LogP contribution in [0, 0.1) is 5.82 Å². The van der Waals surface area contributed by atoms with E-state index >= 15 is 0 Å². The molecule has 7 heteroatoms. The first-order chi connectivity index (χ1) is 10.5. The second kappa shape index (κ2) is 5.31. The molecule has 0 amide bonds. The van der Waals surface area contributed by atoms with E-state index in [1.807, 2.05) is 0 Å². The summed E-state index contributed by atoms with van der Waals surface area (Å²) < 4.78 is 24.5. The number of hydrogen-bond donors (Lipinski definition) is 1. The Bertz CT molecular complexity index is 859. The first-order valence-corrected chi connectivity index (χ1v) is 6.67. The Morgan fingerprint density at radius 3 is 2.82 bits per heavy atom. The van der Waals surface area contributed by atoms with E-state index in [0.29, 0.717) is 11.1 Å². The Morgan fingerprint density at radius 2 is 2.14 bits per heavy atom. The van der Waals surface area contributed by atoms with Crippen LogP contribution in [0.1, 0.15) is 6.92 Å². The molecule has 0 aliphatic rings. The molecular weight excluding hydrogens is 311 g/mol. The van der Waals surface area contributed by atoms with Gasteiger partial charge in [-0.25, -0.2) is 9.37 Å². The Balaban J connectivity index is 2.18. The van der Waals surface area contributed by atoms with Crippen LogP contribution in [0.25, 0.3) is 22.6 Å². The molecule has 0 unspecified atom stereocenters. The number of oxazole rings is 1. The van der Waals surface area contributed by atoms with Crippen molar-refractivity contribution in [2.45, 2.75) is 6.92 Å². The molecule has 2 N–H and O–H groups in total. The van der Waals surface area contributed by atoms with Crippen molar-refractivity contribution < 1.29 is 18.3 Å². The highest BCUT2D eigenvalue weighted by Crippen LogP contribution is 2.40. The zero-order valence-corrected chi connectivity index (χ0v) is 12.1. The van der Waals surface area contributed by atoms with Crippen molar-refractivity contribution >= 4 is 34.4 Å². The summed E-state index contributed by atoms with van der Waals surface area (Å²) in [5.41, 5.74) is 6.70. The highest BCUT2D eigenvalue weighted by molar-refractivity contribution is 6.34. The number of nitrogen functional groups attached to an aromatic ring is 1. The Kier molecular flexibility index (Phi) is 3.46. The van der Waals surface area contributed by atoms with E-state index in [1.165, 1.54) is 6.07 Å². The third-order valence-electron chi connectivity index (χ3n) is 2.98. The fraction of sp³-hybridized carbons (Fsp3) is 0.0667. The molecule has 112 valence electrons. The average Bonchev–Trinajstić information content (AvgIpc) is 2.87. The topological polar surface area (TPSA) is 78.3 Å². The number of hydrogen-bond acceptors (Lipinski definition) is 5. The minimum absolute atomic E-state index is 0.0710. The lowest BCUT2D eigenvalue weighted by molar-refractivity contribution is -0.132. The van der Waals surface area contributed by atoms with Gasteiger partial charge in [0.2, 0.25) is 5.89 Å². The maximum atomic E-state index is 14.2. The zero-order valence-electron chi connectivity index (χ0n) is 11.4. The number of benzene rings is 2. The van der Waals surface area contributed by atoms with Crippen molar-refractivity contribution in [2.24, 2.45) is 0 Å². The Hall–Kier alpha value is -2.60. The second-order valence-corrected chi connectivity index (χ2v) is 4.95. The van der Waals surface area contributed by atoms with E-state index in [1.54, 1.807) is 24.3 Å². The van der Waals surface area contributed by atoms with Crippen molar-refractivity contribution in [1.82, 2.24) is 4.98 Å². The molecule has 0 fully saturated rings. The third kappa shape index (κ3) is 2.37. The van der Waals surface area contributed by atoms with Crippen LogP contribution in [0.4, 0.5) is 10.1 Å². The number of nitrogens with two attached hydrogens (primary N) is 1. The first kappa shape index (κ1) is 14.3. The van der Waals surface area contributed by atoms with Crippen molar-refractivity contribution in [3.8, 4) is 17.2 Å². The summed E-state index contributed by atoms with van der Waals surface area (Å²) in [6.45, 7) is 1.15. The van der Waals surface area contributed by atoms with Gasteiger partial charge in [0.25, 0.3) is 0 Å². The summed E-state index contributed by atoms with van der Waals surface area (Å²) >= 11 is 6.11. The summed E-state index contributed by atoms with van der Waals surface area (Å²) in [5, 5.41) is 0.0710. The summed E-state index contributed by atoms with van der Waals surface area (Å²) in [6.07, 6.45) is 0. The lowest BCUT2D eigenvalue weighted by Crippen LogP contribution is -2.06. The number of halogens is 2. The van der Waals surface area contributed by atoms with Gasteiger partial charge in [0.05, 0.1) is 16.3 Å². The minimum Gasteiger partial charge on any atom is -0.436 e. The molecule has 22 heavy (non-hydrogen) atoms. The number of rotatable bonds is 2. The smallest absolute Gasteiger partial charge is 0.308 e. The van der Waals surface area contributed by atoms with Gasteiger partial charge in [0.15, 0.2) is 17.1 Å². The maximum Gasteiger partial charge on any atom is 0.308 e. The van der Waals surface area contributed by atoms with Crippen LogP contribution in [0.2, 0.25) is 5.02 Å². The molecule has 0 bridgehead atoms. The number of carbonyl (C=O) groups excluding carboxylic acids is 1. The van der Waals surface area contributed by atoms with Gasteiger partial charge in [-0.2, -0.15) is 0 Å². The molecule has 0 saturated heterocycles. The molecule has 0 saturated carbocycles. The predicted octanol–water partition coefficient (Wildman–Crippen LogP) is 3.79. The number of anilines is 1.